The highest BCUT2D eigenvalue weighted by molar-refractivity contribution is 7.91. The van der Waals surface area contributed by atoms with Crippen molar-refractivity contribution in [3.8, 4) is 0 Å². The number of aromatic nitrogens is 1. The van der Waals surface area contributed by atoms with Gasteiger partial charge >= 0.3 is 6.03 Å². The van der Waals surface area contributed by atoms with Gasteiger partial charge in [-0.05, 0) is 19.1 Å². The molecule has 1 aliphatic rings. The minimum atomic E-state index is -3.03. The van der Waals surface area contributed by atoms with Crippen LogP contribution in [-0.4, -0.2) is 48.5 Å². The maximum absolute atomic E-state index is 11.9. The zero-order valence-corrected chi connectivity index (χ0v) is 13.5. The second-order valence-electron chi connectivity index (χ2n) is 4.72. The summed E-state index contributed by atoms with van der Waals surface area (Å²) in [5, 5.41) is 4.47. The summed E-state index contributed by atoms with van der Waals surface area (Å²) in [5.74, 6) is 0.0325. The third-order valence-corrected chi connectivity index (χ3v) is 5.12. The Hall–Kier alpha value is -1.09. The van der Waals surface area contributed by atoms with E-state index >= 15 is 0 Å². The number of hydrazine groups is 1. The van der Waals surface area contributed by atoms with Gasteiger partial charge in [-0.1, -0.05) is 23.2 Å². The molecular formula is C11H14Cl2N4O3S. The van der Waals surface area contributed by atoms with Crippen molar-refractivity contribution in [3.63, 3.8) is 0 Å². The van der Waals surface area contributed by atoms with Gasteiger partial charge in [0.15, 0.2) is 9.84 Å². The maximum Gasteiger partial charge on any atom is 0.333 e. The number of carbonyl (C=O) groups is 1. The highest BCUT2D eigenvalue weighted by Crippen LogP contribution is 2.18. The molecule has 2 heterocycles. The summed E-state index contributed by atoms with van der Waals surface area (Å²) in [6.45, 7) is 1.98. The number of rotatable bonds is 2. The minimum absolute atomic E-state index is 0.0141. The SMILES string of the molecule is CC1CS(=O)(=O)CCN1NC(=O)Nc1cc(Cl)nc(Cl)c1. The van der Waals surface area contributed by atoms with Crippen LogP contribution in [-0.2, 0) is 9.84 Å². The van der Waals surface area contributed by atoms with E-state index in [1.165, 1.54) is 12.1 Å². The van der Waals surface area contributed by atoms with Crippen LogP contribution < -0.4 is 10.7 Å². The number of nitrogens with one attached hydrogen (secondary N) is 2. The van der Waals surface area contributed by atoms with Crippen molar-refractivity contribution in [1.82, 2.24) is 15.4 Å². The molecule has 116 valence electrons. The number of urea groups is 1. The van der Waals surface area contributed by atoms with Crippen LogP contribution in [0.15, 0.2) is 12.1 Å². The summed E-state index contributed by atoms with van der Waals surface area (Å²) in [4.78, 5) is 15.7. The van der Waals surface area contributed by atoms with Gasteiger partial charge < -0.3 is 5.32 Å². The number of halogens is 2. The van der Waals surface area contributed by atoms with Crippen LogP contribution in [0.5, 0.6) is 0 Å². The van der Waals surface area contributed by atoms with Gasteiger partial charge in [-0.15, -0.1) is 0 Å². The number of hydrogen-bond donors (Lipinski definition) is 2. The first-order valence-corrected chi connectivity index (χ1v) is 8.71. The van der Waals surface area contributed by atoms with Crippen LogP contribution in [0.3, 0.4) is 0 Å². The molecule has 2 rings (SSSR count). The highest BCUT2D eigenvalue weighted by Gasteiger charge is 2.29. The minimum Gasteiger partial charge on any atom is -0.307 e. The number of nitrogens with zero attached hydrogens (tertiary/aromatic N) is 2. The number of amides is 2. The van der Waals surface area contributed by atoms with E-state index in [2.05, 4.69) is 15.7 Å². The first kappa shape index (κ1) is 16.3. The standard InChI is InChI=1S/C11H14Cl2N4O3S/c1-7-6-21(19,20)3-2-17(7)16-11(18)14-8-4-9(12)15-10(13)5-8/h4-5,7H,2-3,6H2,1H3,(H2,14,15,16,18). The Bertz CT molecular complexity index is 633. The Kier molecular flexibility index (Phi) is 4.92. The lowest BCUT2D eigenvalue weighted by molar-refractivity contribution is 0.157. The normalized spacial score (nSPS) is 21.8. The Labute approximate surface area is 132 Å². The highest BCUT2D eigenvalue weighted by atomic mass is 35.5. The van der Waals surface area contributed by atoms with Crippen molar-refractivity contribution >= 4 is 44.8 Å². The topological polar surface area (TPSA) is 91.4 Å². The predicted molar refractivity (Wildman–Crippen MR) is 81.2 cm³/mol. The fourth-order valence-corrected chi connectivity index (χ4v) is 4.01. The van der Waals surface area contributed by atoms with Crippen molar-refractivity contribution < 1.29 is 13.2 Å². The van der Waals surface area contributed by atoms with Gasteiger partial charge in [0.1, 0.15) is 10.3 Å². The molecule has 1 fully saturated rings. The van der Waals surface area contributed by atoms with Gasteiger partial charge in [-0.2, -0.15) is 0 Å². The third kappa shape index (κ3) is 4.70. The molecule has 10 heteroatoms. The zero-order valence-electron chi connectivity index (χ0n) is 11.1. The quantitative estimate of drug-likeness (QED) is 0.787. The average molecular weight is 353 g/mol. The van der Waals surface area contributed by atoms with E-state index in [0.717, 1.165) is 0 Å². The van der Waals surface area contributed by atoms with Crippen LogP contribution >= 0.6 is 23.2 Å². The van der Waals surface area contributed by atoms with Gasteiger partial charge in [0.2, 0.25) is 0 Å². The number of carbonyl (C=O) groups excluding carboxylic acids is 1. The zero-order chi connectivity index (χ0) is 15.6. The van der Waals surface area contributed by atoms with Crippen LogP contribution in [0.25, 0.3) is 0 Å². The Morgan fingerprint density at radius 3 is 2.57 bits per heavy atom. The van der Waals surface area contributed by atoms with E-state index in [0.29, 0.717) is 5.69 Å². The summed E-state index contributed by atoms with van der Waals surface area (Å²) >= 11 is 11.5. The number of anilines is 1. The van der Waals surface area contributed by atoms with E-state index in [4.69, 9.17) is 23.2 Å². The van der Waals surface area contributed by atoms with Crippen LogP contribution in [0.2, 0.25) is 10.3 Å². The van der Waals surface area contributed by atoms with Crippen LogP contribution in [0, 0.1) is 0 Å². The Morgan fingerprint density at radius 2 is 2.00 bits per heavy atom. The lowest BCUT2D eigenvalue weighted by Crippen LogP contribution is -2.56. The smallest absolute Gasteiger partial charge is 0.307 e. The van der Waals surface area contributed by atoms with Gasteiger partial charge in [0.05, 0.1) is 11.5 Å². The lowest BCUT2D eigenvalue weighted by Gasteiger charge is -2.32. The van der Waals surface area contributed by atoms with Crippen molar-refractivity contribution in [1.29, 1.82) is 0 Å². The van der Waals surface area contributed by atoms with Crippen molar-refractivity contribution in [2.45, 2.75) is 13.0 Å². The van der Waals surface area contributed by atoms with Crippen molar-refractivity contribution in [2.24, 2.45) is 0 Å². The van der Waals surface area contributed by atoms with Crippen LogP contribution in [0.4, 0.5) is 10.5 Å². The molecule has 2 amide bonds. The number of hydrogen-bond acceptors (Lipinski definition) is 5. The molecule has 7 nitrogen and oxygen atoms in total. The molecule has 0 saturated carbocycles. The molecule has 1 unspecified atom stereocenters. The maximum atomic E-state index is 11.9. The summed E-state index contributed by atoms with van der Waals surface area (Å²) in [6.07, 6.45) is 0. The van der Waals surface area contributed by atoms with Gasteiger partial charge in [-0.25, -0.2) is 23.2 Å². The second-order valence-corrected chi connectivity index (χ2v) is 7.73. The number of pyridine rings is 1. The molecule has 0 spiro atoms. The molecule has 1 aromatic rings. The molecule has 21 heavy (non-hydrogen) atoms. The Morgan fingerprint density at radius 1 is 1.38 bits per heavy atom. The van der Waals surface area contributed by atoms with Gasteiger partial charge in [-0.3, -0.25) is 5.43 Å². The van der Waals surface area contributed by atoms with Crippen molar-refractivity contribution in [3.05, 3.63) is 22.4 Å². The molecule has 1 aliphatic heterocycles. The fourth-order valence-electron chi connectivity index (χ4n) is 1.99. The fraction of sp³-hybridized carbons (Fsp3) is 0.455. The molecule has 1 atom stereocenters. The lowest BCUT2D eigenvalue weighted by atomic mass is 10.3. The molecule has 2 N–H and O–H groups in total. The summed E-state index contributed by atoms with van der Waals surface area (Å²) in [6, 6.07) is 2.12. The van der Waals surface area contributed by atoms with Gasteiger partial charge in [0.25, 0.3) is 0 Å². The van der Waals surface area contributed by atoms with E-state index in [9.17, 15) is 13.2 Å². The van der Waals surface area contributed by atoms with E-state index < -0.39 is 15.9 Å². The summed E-state index contributed by atoms with van der Waals surface area (Å²) < 4.78 is 22.9. The monoisotopic (exact) mass is 352 g/mol. The van der Waals surface area contributed by atoms with E-state index in [-0.39, 0.29) is 34.4 Å². The molecule has 0 bridgehead atoms. The number of sulfone groups is 1. The van der Waals surface area contributed by atoms with E-state index in [1.54, 1.807) is 11.9 Å². The third-order valence-electron chi connectivity index (χ3n) is 2.94. The van der Waals surface area contributed by atoms with Crippen molar-refractivity contribution in [2.75, 3.05) is 23.4 Å². The predicted octanol–water partition coefficient (Wildman–Crippen LogP) is 1.54. The molecule has 0 aliphatic carbocycles. The summed E-state index contributed by atoms with van der Waals surface area (Å²) in [7, 11) is -3.03. The largest absolute Gasteiger partial charge is 0.333 e. The van der Waals surface area contributed by atoms with Crippen LogP contribution in [0.1, 0.15) is 6.92 Å². The molecular weight excluding hydrogens is 339 g/mol. The average Bonchev–Trinajstić information content (AvgIpc) is 2.30. The first-order valence-electron chi connectivity index (χ1n) is 6.13. The molecule has 0 radical (unpaired) electrons. The summed E-state index contributed by atoms with van der Waals surface area (Å²) in [5.41, 5.74) is 3.00. The van der Waals surface area contributed by atoms with Gasteiger partial charge in [0, 0.05) is 18.3 Å². The molecule has 0 aromatic carbocycles. The molecule has 1 saturated heterocycles. The first-order chi connectivity index (χ1) is 9.75. The Balaban J connectivity index is 1.96. The molecule has 1 aromatic heterocycles. The van der Waals surface area contributed by atoms with E-state index in [1.807, 2.05) is 0 Å². The second kappa shape index (κ2) is 6.35.